The van der Waals surface area contributed by atoms with Crippen LogP contribution in [0.15, 0.2) is 42.5 Å². The molecule has 2 aromatic rings. The molecule has 0 aromatic heterocycles. The Morgan fingerprint density at radius 3 is 2.14 bits per heavy atom. The number of para-hydroxylation sites is 1. The van der Waals surface area contributed by atoms with E-state index in [0.717, 1.165) is 0 Å². The fraction of sp³-hybridized carbons (Fsp3) is 0. The molecule has 5 nitrogen and oxygen atoms in total. The lowest BCUT2D eigenvalue weighted by atomic mass is 10.1. The first-order valence-electron chi connectivity index (χ1n) is 5.83. The van der Waals surface area contributed by atoms with Gasteiger partial charge in [0.2, 0.25) is 0 Å². The van der Waals surface area contributed by atoms with Crippen molar-refractivity contribution in [2.75, 3.05) is 10.6 Å². The Morgan fingerprint density at radius 1 is 0.905 bits per heavy atom. The minimum atomic E-state index is -1.28. The van der Waals surface area contributed by atoms with Crippen LogP contribution in [0.5, 0.6) is 0 Å². The van der Waals surface area contributed by atoms with Gasteiger partial charge in [0.25, 0.3) is 0 Å². The van der Waals surface area contributed by atoms with Gasteiger partial charge < -0.3 is 15.7 Å². The summed E-state index contributed by atoms with van der Waals surface area (Å²) >= 11 is 11.8. The van der Waals surface area contributed by atoms with Gasteiger partial charge in [0.05, 0.1) is 15.7 Å². The molecule has 0 unspecified atom stereocenters. The molecule has 7 heteroatoms. The van der Waals surface area contributed by atoms with Crippen molar-refractivity contribution in [3.63, 3.8) is 0 Å². The first-order chi connectivity index (χ1) is 9.99. The summed E-state index contributed by atoms with van der Waals surface area (Å²) in [5.74, 6) is -1.28. The van der Waals surface area contributed by atoms with E-state index in [1.165, 1.54) is 12.1 Å². The third-order valence-electron chi connectivity index (χ3n) is 2.59. The van der Waals surface area contributed by atoms with Gasteiger partial charge in [-0.3, -0.25) is 0 Å². The van der Waals surface area contributed by atoms with Gasteiger partial charge in [0.1, 0.15) is 5.56 Å². The number of anilines is 2. The van der Waals surface area contributed by atoms with Crippen LogP contribution in [0.25, 0.3) is 0 Å². The van der Waals surface area contributed by atoms with E-state index in [0.29, 0.717) is 5.69 Å². The van der Waals surface area contributed by atoms with Crippen LogP contribution in [0.3, 0.4) is 0 Å². The van der Waals surface area contributed by atoms with E-state index in [1.54, 1.807) is 30.3 Å². The lowest BCUT2D eigenvalue weighted by molar-refractivity contribution is 0.0698. The van der Waals surface area contributed by atoms with E-state index < -0.39 is 12.0 Å². The Labute approximate surface area is 130 Å². The van der Waals surface area contributed by atoms with Crippen LogP contribution >= 0.6 is 23.2 Å². The summed E-state index contributed by atoms with van der Waals surface area (Å²) in [7, 11) is 0. The van der Waals surface area contributed by atoms with Crippen LogP contribution in [0.4, 0.5) is 16.2 Å². The van der Waals surface area contributed by atoms with Gasteiger partial charge in [-0.15, -0.1) is 0 Å². The Balaban J connectivity index is 2.25. The highest BCUT2D eigenvalue weighted by Gasteiger charge is 2.19. The molecule has 0 bridgehead atoms. The molecule has 0 radical (unpaired) electrons. The number of hydrogen-bond donors (Lipinski definition) is 3. The molecule has 0 atom stereocenters. The molecule has 21 heavy (non-hydrogen) atoms. The van der Waals surface area contributed by atoms with Crippen LogP contribution in [-0.2, 0) is 0 Å². The fourth-order valence-corrected chi connectivity index (χ4v) is 2.12. The molecule has 0 spiro atoms. The summed E-state index contributed by atoms with van der Waals surface area (Å²) in [5.41, 5.74) is 0.252. The Bertz CT molecular complexity index is 690. The predicted octanol–water partition coefficient (Wildman–Crippen LogP) is 4.34. The van der Waals surface area contributed by atoms with Gasteiger partial charge in [0.15, 0.2) is 0 Å². The summed E-state index contributed by atoms with van der Waals surface area (Å²) in [6, 6.07) is 10.8. The minimum Gasteiger partial charge on any atom is -0.478 e. The van der Waals surface area contributed by atoms with Crippen LogP contribution in [-0.4, -0.2) is 17.1 Å². The largest absolute Gasteiger partial charge is 0.478 e. The van der Waals surface area contributed by atoms with Crippen molar-refractivity contribution in [3.8, 4) is 0 Å². The van der Waals surface area contributed by atoms with E-state index in [2.05, 4.69) is 10.6 Å². The molecule has 0 aliphatic carbocycles. The Morgan fingerprint density at radius 2 is 1.52 bits per heavy atom. The number of carboxylic acid groups (broad SMARTS) is 1. The molecular formula is C14H10Cl2N2O3. The van der Waals surface area contributed by atoms with Crippen LogP contribution in [0, 0.1) is 0 Å². The first kappa shape index (κ1) is 15.2. The molecule has 0 saturated carbocycles. The number of nitrogens with one attached hydrogen (secondary N) is 2. The van der Waals surface area contributed by atoms with Crippen molar-refractivity contribution in [1.82, 2.24) is 0 Å². The van der Waals surface area contributed by atoms with Crippen molar-refractivity contribution < 1.29 is 14.7 Å². The highest BCUT2D eigenvalue weighted by molar-refractivity contribution is 6.38. The molecule has 2 rings (SSSR count). The van der Waals surface area contributed by atoms with Crippen molar-refractivity contribution in [3.05, 3.63) is 58.1 Å². The molecule has 0 aliphatic heterocycles. The van der Waals surface area contributed by atoms with E-state index >= 15 is 0 Å². The molecule has 2 aromatic carbocycles. The molecule has 108 valence electrons. The maximum absolute atomic E-state index is 11.9. The summed E-state index contributed by atoms with van der Waals surface area (Å²) in [5, 5.41) is 14.2. The van der Waals surface area contributed by atoms with Crippen molar-refractivity contribution in [2.45, 2.75) is 0 Å². The number of amides is 2. The number of rotatable bonds is 3. The summed E-state index contributed by atoms with van der Waals surface area (Å²) < 4.78 is 0. The standard InChI is InChI=1S/C14H10Cl2N2O3/c15-9-6-7-10(16)12(11(9)13(19)20)18-14(21)17-8-4-2-1-3-5-8/h1-7H,(H,19,20)(H2,17,18,21). The molecule has 3 N–H and O–H groups in total. The van der Waals surface area contributed by atoms with Crippen molar-refractivity contribution in [1.29, 1.82) is 0 Å². The van der Waals surface area contributed by atoms with E-state index in [9.17, 15) is 9.59 Å². The fourth-order valence-electron chi connectivity index (χ4n) is 1.68. The number of hydrogen-bond acceptors (Lipinski definition) is 2. The van der Waals surface area contributed by atoms with Gasteiger partial charge in [-0.2, -0.15) is 0 Å². The van der Waals surface area contributed by atoms with Crippen LogP contribution < -0.4 is 10.6 Å². The zero-order chi connectivity index (χ0) is 15.4. The lowest BCUT2D eigenvalue weighted by Crippen LogP contribution is -2.21. The van der Waals surface area contributed by atoms with Crippen LogP contribution in [0.1, 0.15) is 10.4 Å². The monoisotopic (exact) mass is 324 g/mol. The normalized spacial score (nSPS) is 10.0. The van der Waals surface area contributed by atoms with Gasteiger partial charge in [-0.1, -0.05) is 41.4 Å². The maximum Gasteiger partial charge on any atom is 0.339 e. The Hall–Kier alpha value is -2.24. The number of carbonyl (C=O) groups excluding carboxylic acids is 1. The Kier molecular flexibility index (Phi) is 4.67. The number of carbonyl (C=O) groups is 2. The maximum atomic E-state index is 11.9. The van der Waals surface area contributed by atoms with Gasteiger partial charge >= 0.3 is 12.0 Å². The predicted molar refractivity (Wildman–Crippen MR) is 82.5 cm³/mol. The van der Waals surface area contributed by atoms with Crippen LogP contribution in [0.2, 0.25) is 10.0 Å². The molecular weight excluding hydrogens is 315 g/mol. The van der Waals surface area contributed by atoms with Gasteiger partial charge in [0, 0.05) is 5.69 Å². The third kappa shape index (κ3) is 3.65. The number of benzene rings is 2. The summed E-state index contributed by atoms with van der Waals surface area (Å²) in [4.78, 5) is 23.1. The SMILES string of the molecule is O=C(Nc1ccccc1)Nc1c(Cl)ccc(Cl)c1C(=O)O. The number of halogens is 2. The zero-order valence-electron chi connectivity index (χ0n) is 10.6. The number of aromatic carboxylic acids is 1. The number of urea groups is 1. The highest BCUT2D eigenvalue weighted by atomic mass is 35.5. The third-order valence-corrected chi connectivity index (χ3v) is 3.22. The molecule has 0 heterocycles. The quantitative estimate of drug-likeness (QED) is 0.785. The topological polar surface area (TPSA) is 78.4 Å². The lowest BCUT2D eigenvalue weighted by Gasteiger charge is -2.12. The molecule has 0 aliphatic rings. The van der Waals surface area contributed by atoms with Gasteiger partial charge in [-0.05, 0) is 24.3 Å². The zero-order valence-corrected chi connectivity index (χ0v) is 12.1. The van der Waals surface area contributed by atoms with E-state index in [-0.39, 0.29) is 21.3 Å². The second kappa shape index (κ2) is 6.47. The highest BCUT2D eigenvalue weighted by Crippen LogP contribution is 2.32. The van der Waals surface area contributed by atoms with Crippen molar-refractivity contribution >= 4 is 46.6 Å². The summed E-state index contributed by atoms with van der Waals surface area (Å²) in [6.07, 6.45) is 0. The van der Waals surface area contributed by atoms with Gasteiger partial charge in [-0.25, -0.2) is 9.59 Å². The molecule has 0 saturated heterocycles. The average molecular weight is 325 g/mol. The summed E-state index contributed by atoms with van der Waals surface area (Å²) in [6.45, 7) is 0. The minimum absolute atomic E-state index is 0.0121. The smallest absolute Gasteiger partial charge is 0.339 e. The average Bonchev–Trinajstić information content (AvgIpc) is 2.43. The van der Waals surface area contributed by atoms with E-state index in [4.69, 9.17) is 28.3 Å². The van der Waals surface area contributed by atoms with Crippen molar-refractivity contribution in [2.24, 2.45) is 0 Å². The second-order valence-electron chi connectivity index (χ2n) is 4.03. The van der Waals surface area contributed by atoms with E-state index in [1.807, 2.05) is 0 Å². The molecule has 0 fully saturated rings. The number of carboxylic acids is 1. The first-order valence-corrected chi connectivity index (χ1v) is 6.59. The molecule has 2 amide bonds. The second-order valence-corrected chi connectivity index (χ2v) is 4.84.